The lowest BCUT2D eigenvalue weighted by atomic mass is 10.0. The predicted octanol–water partition coefficient (Wildman–Crippen LogP) is 4.32. The van der Waals surface area contributed by atoms with E-state index in [-0.39, 0.29) is 12.5 Å². The van der Waals surface area contributed by atoms with Gasteiger partial charge in [0.2, 0.25) is 5.91 Å². The first kappa shape index (κ1) is 24.8. The predicted molar refractivity (Wildman–Crippen MR) is 131 cm³/mol. The summed E-state index contributed by atoms with van der Waals surface area (Å²) in [6.07, 6.45) is 3.62. The van der Waals surface area contributed by atoms with E-state index < -0.39 is 12.1 Å². The number of ether oxygens (including phenoxy) is 1. The van der Waals surface area contributed by atoms with Gasteiger partial charge in [0.1, 0.15) is 11.9 Å². The molecular weight excluding hydrogens is 434 g/mol. The lowest BCUT2D eigenvalue weighted by Gasteiger charge is -2.23. The number of hydrogen-bond donors (Lipinski definition) is 3. The lowest BCUT2D eigenvalue weighted by Crippen LogP contribution is -2.34. The van der Waals surface area contributed by atoms with E-state index in [9.17, 15) is 9.59 Å². The number of nitrogens with one attached hydrogen (secondary N) is 1. The number of fused-ring (bicyclic) bond motifs is 1. The minimum Gasteiger partial charge on any atom is -0.482 e. The number of anilines is 1. The quantitative estimate of drug-likeness (QED) is 0.272. The highest BCUT2D eigenvalue weighted by Crippen LogP contribution is 2.32. The number of benzene rings is 2. The number of aliphatic carboxylic acids is 1. The molecule has 1 aliphatic heterocycles. The molecule has 9 heteroatoms. The van der Waals surface area contributed by atoms with Crippen molar-refractivity contribution in [2.75, 3.05) is 25.0 Å². The number of carboxylic acid groups (broad SMARTS) is 1. The SMILES string of the molecule is CCCN(CCC)C(=O)C1=Cc2ccc(-c3ccc(OCC(=O)O)cc3)cc2NC(N=NN)C1. The third-order valence-corrected chi connectivity index (χ3v) is 5.42. The first-order valence-corrected chi connectivity index (χ1v) is 11.4. The van der Waals surface area contributed by atoms with E-state index in [1.807, 2.05) is 41.3 Å². The molecule has 0 aliphatic carbocycles. The fourth-order valence-electron chi connectivity index (χ4n) is 3.92. The zero-order valence-corrected chi connectivity index (χ0v) is 19.5. The number of nitrogens with two attached hydrogens (primary N) is 1. The molecule has 0 saturated carbocycles. The number of carbonyl (C=O) groups excluding carboxylic acids is 1. The second-order valence-electron chi connectivity index (χ2n) is 8.07. The topological polar surface area (TPSA) is 130 Å². The van der Waals surface area contributed by atoms with Crippen LogP contribution in [-0.2, 0) is 9.59 Å². The van der Waals surface area contributed by atoms with E-state index in [4.69, 9.17) is 15.7 Å². The molecule has 34 heavy (non-hydrogen) atoms. The average molecular weight is 466 g/mol. The van der Waals surface area contributed by atoms with Gasteiger partial charge in [-0.25, -0.2) is 4.79 Å². The Morgan fingerprint density at radius 2 is 1.79 bits per heavy atom. The van der Waals surface area contributed by atoms with E-state index in [0.29, 0.717) is 30.8 Å². The van der Waals surface area contributed by atoms with Crippen LogP contribution in [0, 0.1) is 0 Å². The number of hydrogen-bond acceptors (Lipinski definition) is 6. The lowest BCUT2D eigenvalue weighted by molar-refractivity contribution is -0.139. The Balaban J connectivity index is 1.91. The smallest absolute Gasteiger partial charge is 0.341 e. The summed E-state index contributed by atoms with van der Waals surface area (Å²) in [5.74, 6) is 4.81. The summed E-state index contributed by atoms with van der Waals surface area (Å²) in [7, 11) is 0. The minimum atomic E-state index is -1.02. The molecule has 0 radical (unpaired) electrons. The molecule has 3 rings (SSSR count). The van der Waals surface area contributed by atoms with Gasteiger partial charge in [-0.1, -0.05) is 43.3 Å². The molecule has 1 unspecified atom stereocenters. The Morgan fingerprint density at radius 3 is 2.41 bits per heavy atom. The summed E-state index contributed by atoms with van der Waals surface area (Å²) in [5, 5.41) is 19.7. The van der Waals surface area contributed by atoms with Gasteiger partial charge in [-0.15, -0.1) is 5.11 Å². The third-order valence-electron chi connectivity index (χ3n) is 5.42. The zero-order chi connectivity index (χ0) is 24.5. The number of amides is 1. The van der Waals surface area contributed by atoms with Gasteiger partial charge in [-0.05, 0) is 53.8 Å². The fraction of sp³-hybridized carbons (Fsp3) is 0.360. The number of nitrogens with zero attached hydrogens (tertiary/aromatic N) is 3. The van der Waals surface area contributed by atoms with Crippen molar-refractivity contribution in [3.63, 3.8) is 0 Å². The molecule has 4 N–H and O–H groups in total. The van der Waals surface area contributed by atoms with Crippen molar-refractivity contribution in [2.45, 2.75) is 39.3 Å². The summed E-state index contributed by atoms with van der Waals surface area (Å²) < 4.78 is 5.20. The van der Waals surface area contributed by atoms with Crippen LogP contribution < -0.4 is 15.9 Å². The first-order chi connectivity index (χ1) is 16.4. The molecule has 1 atom stereocenters. The molecule has 1 aliphatic rings. The van der Waals surface area contributed by atoms with Crippen molar-refractivity contribution in [3.8, 4) is 16.9 Å². The maximum absolute atomic E-state index is 13.3. The van der Waals surface area contributed by atoms with Crippen molar-refractivity contribution in [1.29, 1.82) is 0 Å². The van der Waals surface area contributed by atoms with Gasteiger partial charge in [-0.3, -0.25) is 4.79 Å². The summed E-state index contributed by atoms with van der Waals surface area (Å²) in [6.45, 7) is 5.15. The number of carboxylic acids is 1. The Morgan fingerprint density at radius 1 is 1.12 bits per heavy atom. The van der Waals surface area contributed by atoms with E-state index in [1.54, 1.807) is 12.1 Å². The number of carbonyl (C=O) groups is 2. The van der Waals surface area contributed by atoms with E-state index >= 15 is 0 Å². The third kappa shape index (κ3) is 6.34. The molecule has 0 saturated heterocycles. The highest BCUT2D eigenvalue weighted by Gasteiger charge is 2.24. The molecule has 2 aromatic rings. The van der Waals surface area contributed by atoms with Crippen LogP contribution in [0.4, 0.5) is 5.69 Å². The molecule has 1 amide bonds. The summed E-state index contributed by atoms with van der Waals surface area (Å²) in [4.78, 5) is 25.9. The average Bonchev–Trinajstić information content (AvgIpc) is 3.01. The van der Waals surface area contributed by atoms with Crippen LogP contribution in [0.1, 0.15) is 38.7 Å². The van der Waals surface area contributed by atoms with Crippen LogP contribution in [0.5, 0.6) is 5.75 Å². The molecule has 1 heterocycles. The molecule has 0 fully saturated rings. The molecule has 9 nitrogen and oxygen atoms in total. The highest BCUT2D eigenvalue weighted by molar-refractivity contribution is 5.99. The van der Waals surface area contributed by atoms with Gasteiger partial charge in [0.05, 0.1) is 0 Å². The van der Waals surface area contributed by atoms with Gasteiger partial charge in [-0.2, -0.15) is 0 Å². The van der Waals surface area contributed by atoms with Crippen molar-refractivity contribution in [3.05, 3.63) is 53.6 Å². The Labute approximate surface area is 199 Å². The zero-order valence-electron chi connectivity index (χ0n) is 19.5. The van der Waals surface area contributed by atoms with Crippen LogP contribution in [0.25, 0.3) is 17.2 Å². The Hall–Kier alpha value is -3.88. The largest absolute Gasteiger partial charge is 0.482 e. The van der Waals surface area contributed by atoms with Crippen LogP contribution in [0.3, 0.4) is 0 Å². The number of rotatable bonds is 10. The van der Waals surface area contributed by atoms with Crippen molar-refractivity contribution >= 4 is 23.6 Å². The van der Waals surface area contributed by atoms with E-state index in [0.717, 1.165) is 35.2 Å². The second kappa shape index (κ2) is 11.8. The van der Waals surface area contributed by atoms with Crippen LogP contribution >= 0.6 is 0 Å². The van der Waals surface area contributed by atoms with Crippen LogP contribution in [-0.4, -0.2) is 47.7 Å². The molecule has 0 bridgehead atoms. The maximum atomic E-state index is 13.3. The van der Waals surface area contributed by atoms with Crippen molar-refractivity contribution in [1.82, 2.24) is 4.90 Å². The van der Waals surface area contributed by atoms with Gasteiger partial charge in [0.25, 0.3) is 0 Å². The van der Waals surface area contributed by atoms with Crippen molar-refractivity contribution < 1.29 is 19.4 Å². The maximum Gasteiger partial charge on any atom is 0.341 e. The van der Waals surface area contributed by atoms with E-state index in [1.165, 1.54) is 0 Å². The monoisotopic (exact) mass is 465 g/mol. The summed E-state index contributed by atoms with van der Waals surface area (Å²) >= 11 is 0. The first-order valence-electron chi connectivity index (χ1n) is 11.4. The molecule has 2 aromatic carbocycles. The van der Waals surface area contributed by atoms with Gasteiger partial charge >= 0.3 is 5.97 Å². The summed E-state index contributed by atoms with van der Waals surface area (Å²) in [6, 6.07) is 13.1. The Kier molecular flexibility index (Phi) is 8.61. The fourth-order valence-corrected chi connectivity index (χ4v) is 3.92. The van der Waals surface area contributed by atoms with Crippen LogP contribution in [0.15, 0.2) is 58.4 Å². The molecule has 180 valence electrons. The van der Waals surface area contributed by atoms with Gasteiger partial charge in [0.15, 0.2) is 6.61 Å². The Bertz CT molecular complexity index is 1060. The standard InChI is InChI=1S/C25H31N5O4/c1-3-11-30(12-4-2)25(33)20-13-19-6-5-18(14-22(19)27-23(15-20)28-29-26)17-7-9-21(10-8-17)34-16-24(31)32/h5-10,13-14,23,27H,3-4,11-12,15-16H2,1-2H3,(H2,26,28)(H,31,32). The molecule has 0 aromatic heterocycles. The second-order valence-corrected chi connectivity index (χ2v) is 8.07. The van der Waals surface area contributed by atoms with Crippen LogP contribution in [0.2, 0.25) is 0 Å². The van der Waals surface area contributed by atoms with Crippen molar-refractivity contribution in [2.24, 2.45) is 16.2 Å². The van der Waals surface area contributed by atoms with Gasteiger partial charge in [0, 0.05) is 30.8 Å². The summed E-state index contributed by atoms with van der Waals surface area (Å²) in [5.41, 5.74) is 4.25. The van der Waals surface area contributed by atoms with E-state index in [2.05, 4.69) is 29.5 Å². The van der Waals surface area contributed by atoms with Gasteiger partial charge < -0.3 is 25.9 Å². The minimum absolute atomic E-state index is 0.0107. The molecular formula is C25H31N5O4. The normalized spacial score (nSPS) is 15.1. The molecule has 0 spiro atoms. The highest BCUT2D eigenvalue weighted by atomic mass is 16.5.